The van der Waals surface area contributed by atoms with E-state index in [0.717, 1.165) is 45.4 Å². The summed E-state index contributed by atoms with van der Waals surface area (Å²) >= 11 is 1.82. The van der Waals surface area contributed by atoms with E-state index in [2.05, 4.69) is 33.0 Å². The predicted molar refractivity (Wildman–Crippen MR) is 94.6 cm³/mol. The van der Waals surface area contributed by atoms with Crippen molar-refractivity contribution in [3.05, 3.63) is 22.4 Å². The van der Waals surface area contributed by atoms with E-state index in [4.69, 9.17) is 5.11 Å². The van der Waals surface area contributed by atoms with Crippen LogP contribution in [0.2, 0.25) is 0 Å². The molecule has 1 unspecified atom stereocenters. The minimum absolute atomic E-state index is 0.0626. The maximum Gasteiger partial charge on any atom is 0.315 e. The van der Waals surface area contributed by atoms with Crippen LogP contribution in [0.4, 0.5) is 4.79 Å². The molecule has 5 nitrogen and oxygen atoms in total. The standard InChI is InChI=1S/C17H29N3O2S/c1-2-15(7-10-21)19-17(22)18-12-14-5-8-20(9-6-14)13-16-4-3-11-23-16/h3-4,11,14-15,21H,2,5-10,12-13H2,1H3,(H2,18,19,22). The van der Waals surface area contributed by atoms with Crippen molar-refractivity contribution in [2.75, 3.05) is 26.2 Å². The van der Waals surface area contributed by atoms with Crippen molar-refractivity contribution in [3.63, 3.8) is 0 Å². The van der Waals surface area contributed by atoms with Crippen LogP contribution in [0.3, 0.4) is 0 Å². The van der Waals surface area contributed by atoms with E-state index >= 15 is 0 Å². The van der Waals surface area contributed by atoms with Crippen LogP contribution in [0.1, 0.15) is 37.5 Å². The Morgan fingerprint density at radius 2 is 2.26 bits per heavy atom. The largest absolute Gasteiger partial charge is 0.396 e. The van der Waals surface area contributed by atoms with Crippen LogP contribution < -0.4 is 10.6 Å². The van der Waals surface area contributed by atoms with E-state index in [1.54, 1.807) is 0 Å². The lowest BCUT2D eigenvalue weighted by Gasteiger charge is -2.31. The maximum atomic E-state index is 11.9. The SMILES string of the molecule is CCC(CCO)NC(=O)NCC1CCN(Cc2cccs2)CC1. The van der Waals surface area contributed by atoms with Crippen LogP contribution in [0.15, 0.2) is 17.5 Å². The van der Waals surface area contributed by atoms with Gasteiger partial charge < -0.3 is 15.7 Å². The lowest BCUT2D eigenvalue weighted by molar-refractivity contribution is 0.175. The van der Waals surface area contributed by atoms with Crippen LogP contribution in [-0.4, -0.2) is 48.3 Å². The Balaban J connectivity index is 1.61. The Hall–Kier alpha value is -1.11. The number of piperidine rings is 1. The number of aliphatic hydroxyl groups is 1. The minimum atomic E-state index is -0.105. The molecule has 130 valence electrons. The third kappa shape index (κ3) is 6.49. The van der Waals surface area contributed by atoms with E-state index in [0.29, 0.717) is 12.3 Å². The summed E-state index contributed by atoms with van der Waals surface area (Å²) in [5.74, 6) is 0.568. The number of urea groups is 1. The molecule has 1 aliphatic rings. The number of rotatable bonds is 8. The molecular formula is C17H29N3O2S. The normalized spacial score (nSPS) is 17.8. The molecule has 0 aliphatic carbocycles. The summed E-state index contributed by atoms with van der Waals surface area (Å²) in [4.78, 5) is 15.8. The van der Waals surface area contributed by atoms with Gasteiger partial charge in [0.1, 0.15) is 0 Å². The van der Waals surface area contributed by atoms with Gasteiger partial charge in [0.2, 0.25) is 0 Å². The fraction of sp³-hybridized carbons (Fsp3) is 0.706. The molecule has 1 aromatic heterocycles. The molecule has 0 radical (unpaired) electrons. The zero-order chi connectivity index (χ0) is 16.5. The summed E-state index contributed by atoms with van der Waals surface area (Å²) in [5, 5.41) is 17.0. The van der Waals surface area contributed by atoms with Gasteiger partial charge >= 0.3 is 6.03 Å². The van der Waals surface area contributed by atoms with E-state index in [1.807, 2.05) is 18.3 Å². The molecule has 1 atom stereocenters. The van der Waals surface area contributed by atoms with E-state index in [-0.39, 0.29) is 18.7 Å². The Bertz CT molecular complexity index is 445. The first-order chi connectivity index (χ1) is 11.2. The van der Waals surface area contributed by atoms with Gasteiger partial charge in [-0.05, 0) is 56.1 Å². The highest BCUT2D eigenvalue weighted by Gasteiger charge is 2.20. The first-order valence-electron chi connectivity index (χ1n) is 8.61. The molecule has 2 heterocycles. The Morgan fingerprint density at radius 1 is 1.48 bits per heavy atom. The molecule has 1 saturated heterocycles. The highest BCUT2D eigenvalue weighted by molar-refractivity contribution is 7.09. The summed E-state index contributed by atoms with van der Waals surface area (Å²) in [6.45, 7) is 6.14. The molecule has 0 aromatic carbocycles. The predicted octanol–water partition coefficient (Wildman–Crippen LogP) is 2.42. The summed E-state index contributed by atoms with van der Waals surface area (Å²) in [6, 6.07) is 4.26. The highest BCUT2D eigenvalue weighted by atomic mass is 32.1. The van der Waals surface area contributed by atoms with Gasteiger partial charge in [-0.15, -0.1) is 11.3 Å². The average molecular weight is 340 g/mol. The van der Waals surface area contributed by atoms with E-state index < -0.39 is 0 Å². The smallest absolute Gasteiger partial charge is 0.315 e. The third-order valence-electron chi connectivity index (χ3n) is 4.52. The number of hydrogen-bond acceptors (Lipinski definition) is 4. The first kappa shape index (κ1) is 18.2. The molecule has 2 rings (SSSR count). The van der Waals surface area contributed by atoms with Gasteiger partial charge in [-0.25, -0.2) is 4.79 Å². The Kier molecular flexibility index (Phi) is 7.85. The Labute approximate surface area is 143 Å². The number of carbonyl (C=O) groups is 1. The lowest BCUT2D eigenvalue weighted by atomic mass is 9.97. The highest BCUT2D eigenvalue weighted by Crippen LogP contribution is 2.20. The average Bonchev–Trinajstić information content (AvgIpc) is 3.07. The number of nitrogens with one attached hydrogen (secondary N) is 2. The van der Waals surface area contributed by atoms with Gasteiger partial charge in [0, 0.05) is 30.6 Å². The molecule has 0 spiro atoms. The molecule has 1 aromatic rings. The van der Waals surface area contributed by atoms with Crippen molar-refractivity contribution >= 4 is 17.4 Å². The quantitative estimate of drug-likeness (QED) is 0.681. The first-order valence-corrected chi connectivity index (χ1v) is 9.49. The molecule has 1 aliphatic heterocycles. The second-order valence-electron chi connectivity index (χ2n) is 6.27. The molecule has 0 bridgehead atoms. The van der Waals surface area contributed by atoms with Gasteiger partial charge in [0.05, 0.1) is 0 Å². The summed E-state index contributed by atoms with van der Waals surface area (Å²) in [7, 11) is 0. The maximum absolute atomic E-state index is 11.9. The number of amides is 2. The van der Waals surface area contributed by atoms with Crippen molar-refractivity contribution in [3.8, 4) is 0 Å². The zero-order valence-electron chi connectivity index (χ0n) is 14.0. The topological polar surface area (TPSA) is 64.6 Å². The second-order valence-corrected chi connectivity index (χ2v) is 7.30. The fourth-order valence-corrected chi connectivity index (χ4v) is 3.73. The van der Waals surface area contributed by atoms with Gasteiger partial charge in [-0.1, -0.05) is 13.0 Å². The number of carbonyl (C=O) groups excluding carboxylic acids is 1. The van der Waals surface area contributed by atoms with Crippen molar-refractivity contribution in [1.29, 1.82) is 0 Å². The monoisotopic (exact) mass is 339 g/mol. The third-order valence-corrected chi connectivity index (χ3v) is 5.38. The summed E-state index contributed by atoms with van der Waals surface area (Å²) in [6.07, 6.45) is 3.74. The van der Waals surface area contributed by atoms with Crippen molar-refractivity contribution in [2.45, 2.75) is 45.2 Å². The van der Waals surface area contributed by atoms with Crippen LogP contribution >= 0.6 is 11.3 Å². The minimum Gasteiger partial charge on any atom is -0.396 e. The fourth-order valence-electron chi connectivity index (χ4n) is 2.98. The summed E-state index contributed by atoms with van der Waals surface area (Å²) < 4.78 is 0. The zero-order valence-corrected chi connectivity index (χ0v) is 14.8. The van der Waals surface area contributed by atoms with Crippen LogP contribution in [-0.2, 0) is 6.54 Å². The summed E-state index contributed by atoms with van der Waals surface area (Å²) in [5.41, 5.74) is 0. The number of nitrogens with zero attached hydrogens (tertiary/aromatic N) is 1. The van der Waals surface area contributed by atoms with Gasteiger partial charge in [0.25, 0.3) is 0 Å². The van der Waals surface area contributed by atoms with Crippen molar-refractivity contribution in [1.82, 2.24) is 15.5 Å². The van der Waals surface area contributed by atoms with Crippen LogP contribution in [0, 0.1) is 5.92 Å². The molecule has 23 heavy (non-hydrogen) atoms. The van der Waals surface area contributed by atoms with Crippen molar-refractivity contribution < 1.29 is 9.90 Å². The number of thiophene rings is 1. The molecular weight excluding hydrogens is 310 g/mol. The number of likely N-dealkylation sites (tertiary alicyclic amines) is 1. The van der Waals surface area contributed by atoms with Crippen LogP contribution in [0.5, 0.6) is 0 Å². The molecule has 6 heteroatoms. The molecule has 1 fully saturated rings. The van der Waals surface area contributed by atoms with E-state index in [1.165, 1.54) is 4.88 Å². The molecule has 3 N–H and O–H groups in total. The van der Waals surface area contributed by atoms with E-state index in [9.17, 15) is 4.79 Å². The number of aliphatic hydroxyl groups excluding tert-OH is 1. The number of hydrogen-bond donors (Lipinski definition) is 3. The molecule has 0 saturated carbocycles. The van der Waals surface area contributed by atoms with Gasteiger partial charge in [-0.3, -0.25) is 4.90 Å². The lowest BCUT2D eigenvalue weighted by Crippen LogP contribution is -2.45. The van der Waals surface area contributed by atoms with Gasteiger partial charge in [-0.2, -0.15) is 0 Å². The second kappa shape index (κ2) is 9.90. The van der Waals surface area contributed by atoms with Gasteiger partial charge in [0.15, 0.2) is 0 Å². The van der Waals surface area contributed by atoms with Crippen LogP contribution in [0.25, 0.3) is 0 Å². The Morgan fingerprint density at radius 3 is 2.87 bits per heavy atom. The molecule has 2 amide bonds. The van der Waals surface area contributed by atoms with Crippen molar-refractivity contribution in [2.24, 2.45) is 5.92 Å².